The first-order valence-electron chi connectivity index (χ1n) is 5.83. The molecule has 1 N–H and O–H groups in total. The SMILES string of the molecule is O=C(NCCCCCCl)c1cc(Br)cc([N+](=O)[O-])c1. The van der Waals surface area contributed by atoms with Gasteiger partial charge in [-0.25, -0.2) is 0 Å². The Morgan fingerprint density at radius 2 is 2.05 bits per heavy atom. The molecule has 0 saturated carbocycles. The van der Waals surface area contributed by atoms with E-state index in [0.717, 1.165) is 19.3 Å². The van der Waals surface area contributed by atoms with Gasteiger partial charge in [-0.05, 0) is 18.9 Å². The number of carbonyl (C=O) groups is 1. The van der Waals surface area contributed by atoms with Gasteiger partial charge in [0.25, 0.3) is 11.6 Å². The highest BCUT2D eigenvalue weighted by Gasteiger charge is 2.13. The highest BCUT2D eigenvalue weighted by atomic mass is 79.9. The second kappa shape index (κ2) is 8.12. The molecule has 0 fully saturated rings. The zero-order chi connectivity index (χ0) is 14.3. The van der Waals surface area contributed by atoms with Gasteiger partial charge >= 0.3 is 0 Å². The molecule has 1 amide bonds. The number of nitro benzene ring substituents is 1. The van der Waals surface area contributed by atoms with Crippen LogP contribution in [0.15, 0.2) is 22.7 Å². The average molecular weight is 350 g/mol. The number of non-ortho nitro benzene ring substituents is 1. The summed E-state index contributed by atoms with van der Waals surface area (Å²) in [5.41, 5.74) is 0.167. The lowest BCUT2D eigenvalue weighted by molar-refractivity contribution is -0.385. The van der Waals surface area contributed by atoms with E-state index in [-0.39, 0.29) is 17.2 Å². The number of hydrogen-bond acceptors (Lipinski definition) is 3. The van der Waals surface area contributed by atoms with Crippen molar-refractivity contribution in [3.63, 3.8) is 0 Å². The molecule has 0 aromatic heterocycles. The second-order valence-corrected chi connectivity index (χ2v) is 5.25. The minimum atomic E-state index is -0.526. The second-order valence-electron chi connectivity index (χ2n) is 3.96. The molecule has 1 rings (SSSR count). The lowest BCUT2D eigenvalue weighted by Gasteiger charge is -2.05. The van der Waals surface area contributed by atoms with Crippen LogP contribution >= 0.6 is 27.5 Å². The molecule has 0 heterocycles. The van der Waals surface area contributed by atoms with Gasteiger partial charge in [0, 0.05) is 34.6 Å². The van der Waals surface area contributed by atoms with Crippen molar-refractivity contribution >= 4 is 39.1 Å². The van der Waals surface area contributed by atoms with Gasteiger partial charge in [-0.15, -0.1) is 11.6 Å². The molecule has 0 saturated heterocycles. The number of nitro groups is 1. The molecule has 0 aliphatic carbocycles. The van der Waals surface area contributed by atoms with Crippen LogP contribution in [-0.2, 0) is 0 Å². The summed E-state index contributed by atoms with van der Waals surface area (Å²) >= 11 is 8.70. The summed E-state index contributed by atoms with van der Waals surface area (Å²) in [5.74, 6) is 0.307. The van der Waals surface area contributed by atoms with Crippen LogP contribution in [0.1, 0.15) is 29.6 Å². The number of unbranched alkanes of at least 4 members (excludes halogenated alkanes) is 2. The van der Waals surface area contributed by atoms with Crippen molar-refractivity contribution in [3.8, 4) is 0 Å². The Balaban J connectivity index is 2.59. The zero-order valence-electron chi connectivity index (χ0n) is 10.2. The van der Waals surface area contributed by atoms with Crippen molar-refractivity contribution in [1.29, 1.82) is 0 Å². The number of nitrogens with one attached hydrogen (secondary N) is 1. The Labute approximate surface area is 124 Å². The number of alkyl halides is 1. The van der Waals surface area contributed by atoms with E-state index >= 15 is 0 Å². The van der Waals surface area contributed by atoms with Gasteiger partial charge in [0.1, 0.15) is 0 Å². The first-order valence-corrected chi connectivity index (χ1v) is 7.16. The number of carbonyl (C=O) groups excluding carboxylic acids is 1. The van der Waals surface area contributed by atoms with Crippen molar-refractivity contribution in [3.05, 3.63) is 38.3 Å². The highest BCUT2D eigenvalue weighted by Crippen LogP contribution is 2.21. The van der Waals surface area contributed by atoms with Crippen LogP contribution < -0.4 is 5.32 Å². The van der Waals surface area contributed by atoms with Crippen molar-refractivity contribution in [2.45, 2.75) is 19.3 Å². The molecule has 0 spiro atoms. The summed E-state index contributed by atoms with van der Waals surface area (Å²) in [5, 5.41) is 13.4. The van der Waals surface area contributed by atoms with Crippen molar-refractivity contribution in [2.75, 3.05) is 12.4 Å². The van der Waals surface area contributed by atoms with Gasteiger partial charge in [0.05, 0.1) is 4.92 Å². The molecule has 0 aliphatic heterocycles. The van der Waals surface area contributed by atoms with Crippen LogP contribution in [0.3, 0.4) is 0 Å². The lowest BCUT2D eigenvalue weighted by atomic mass is 10.2. The van der Waals surface area contributed by atoms with Gasteiger partial charge in [0.2, 0.25) is 0 Å². The molecule has 104 valence electrons. The topological polar surface area (TPSA) is 72.2 Å². The Kier molecular flexibility index (Phi) is 6.80. The van der Waals surface area contributed by atoms with Gasteiger partial charge in [-0.1, -0.05) is 22.4 Å². The summed E-state index contributed by atoms with van der Waals surface area (Å²) in [6, 6.07) is 4.18. The molecule has 1 aromatic carbocycles. The van der Waals surface area contributed by atoms with E-state index in [1.54, 1.807) is 6.07 Å². The third kappa shape index (κ3) is 5.57. The molecule has 0 atom stereocenters. The molecule has 1 aromatic rings. The van der Waals surface area contributed by atoms with Crippen LogP contribution in [0.5, 0.6) is 0 Å². The maximum atomic E-state index is 11.8. The Morgan fingerprint density at radius 1 is 1.32 bits per heavy atom. The summed E-state index contributed by atoms with van der Waals surface area (Å²) in [4.78, 5) is 22.0. The van der Waals surface area contributed by atoms with Crippen LogP contribution in [0.25, 0.3) is 0 Å². The van der Waals surface area contributed by atoms with Crippen molar-refractivity contribution in [1.82, 2.24) is 5.32 Å². The first kappa shape index (κ1) is 15.9. The maximum Gasteiger partial charge on any atom is 0.271 e. The first-order chi connectivity index (χ1) is 9.04. The van der Waals surface area contributed by atoms with Crippen LogP contribution in [0.4, 0.5) is 5.69 Å². The summed E-state index contributed by atoms with van der Waals surface area (Å²) in [7, 11) is 0. The Bertz CT molecular complexity index is 468. The number of amides is 1. The molecule has 19 heavy (non-hydrogen) atoms. The standard InChI is InChI=1S/C12H14BrClN2O3/c13-10-6-9(7-11(8-10)16(18)19)12(17)15-5-3-1-2-4-14/h6-8H,1-5H2,(H,15,17). The van der Waals surface area contributed by atoms with Crippen LogP contribution in [0.2, 0.25) is 0 Å². The minimum Gasteiger partial charge on any atom is -0.352 e. The number of benzene rings is 1. The third-order valence-corrected chi connectivity index (χ3v) is 3.18. The molecule has 0 bridgehead atoms. The van der Waals surface area contributed by atoms with Crippen molar-refractivity contribution in [2.24, 2.45) is 0 Å². The minimum absolute atomic E-state index is 0.110. The fraction of sp³-hybridized carbons (Fsp3) is 0.417. The van der Waals surface area contributed by atoms with E-state index in [2.05, 4.69) is 21.2 Å². The average Bonchev–Trinajstić information content (AvgIpc) is 2.37. The fourth-order valence-corrected chi connectivity index (χ4v) is 2.18. The van der Waals surface area contributed by atoms with E-state index in [1.807, 2.05) is 0 Å². The van der Waals surface area contributed by atoms with Gasteiger partial charge in [-0.3, -0.25) is 14.9 Å². The predicted molar refractivity (Wildman–Crippen MR) is 77.7 cm³/mol. The lowest BCUT2D eigenvalue weighted by Crippen LogP contribution is -2.24. The Hall–Kier alpha value is -1.14. The van der Waals surface area contributed by atoms with Gasteiger partial charge in [0.15, 0.2) is 0 Å². The smallest absolute Gasteiger partial charge is 0.271 e. The van der Waals surface area contributed by atoms with E-state index in [4.69, 9.17) is 11.6 Å². The monoisotopic (exact) mass is 348 g/mol. The van der Waals surface area contributed by atoms with Crippen LogP contribution in [0, 0.1) is 10.1 Å². The summed E-state index contributed by atoms with van der Waals surface area (Å²) in [6.45, 7) is 0.538. The normalized spacial score (nSPS) is 10.2. The number of halogens is 2. The molecule has 5 nitrogen and oxygen atoms in total. The number of hydrogen-bond donors (Lipinski definition) is 1. The molecular formula is C12H14BrClN2O3. The highest BCUT2D eigenvalue weighted by molar-refractivity contribution is 9.10. The molecule has 0 aliphatic rings. The Morgan fingerprint density at radius 3 is 2.68 bits per heavy atom. The quantitative estimate of drug-likeness (QED) is 0.354. The molecule has 0 radical (unpaired) electrons. The largest absolute Gasteiger partial charge is 0.352 e. The maximum absolute atomic E-state index is 11.8. The van der Waals surface area contributed by atoms with E-state index in [0.29, 0.717) is 16.9 Å². The number of rotatable bonds is 7. The van der Waals surface area contributed by atoms with E-state index in [9.17, 15) is 14.9 Å². The number of nitrogens with zero attached hydrogens (tertiary/aromatic N) is 1. The zero-order valence-corrected chi connectivity index (χ0v) is 12.5. The third-order valence-electron chi connectivity index (χ3n) is 2.45. The van der Waals surface area contributed by atoms with Gasteiger partial charge < -0.3 is 5.32 Å². The fourth-order valence-electron chi connectivity index (χ4n) is 1.51. The van der Waals surface area contributed by atoms with Gasteiger partial charge in [-0.2, -0.15) is 0 Å². The van der Waals surface area contributed by atoms with Crippen LogP contribution in [-0.4, -0.2) is 23.3 Å². The van der Waals surface area contributed by atoms with E-state index in [1.165, 1.54) is 12.1 Å². The predicted octanol–water partition coefficient (Wildman–Crippen LogP) is 3.50. The molecular weight excluding hydrogens is 336 g/mol. The summed E-state index contributed by atoms with van der Waals surface area (Å²) < 4.78 is 0.508. The molecule has 0 unspecified atom stereocenters. The molecule has 7 heteroatoms. The van der Waals surface area contributed by atoms with Crippen molar-refractivity contribution < 1.29 is 9.72 Å². The summed E-state index contributed by atoms with van der Waals surface area (Å²) in [6.07, 6.45) is 2.71. The van der Waals surface area contributed by atoms with E-state index < -0.39 is 4.92 Å².